The predicted molar refractivity (Wildman–Crippen MR) is 77.7 cm³/mol. The fraction of sp³-hybridized carbons (Fsp3) is 0.333. The fourth-order valence-corrected chi connectivity index (χ4v) is 2.54. The molecule has 2 heterocycles. The van der Waals surface area contributed by atoms with Gasteiger partial charge in [-0.05, 0) is 36.7 Å². The topological polar surface area (TPSA) is 59.0 Å². The van der Waals surface area contributed by atoms with Crippen molar-refractivity contribution in [2.75, 3.05) is 18.4 Å². The molecule has 0 spiro atoms. The molecule has 0 bridgehead atoms. The van der Waals surface area contributed by atoms with E-state index in [1.165, 1.54) is 0 Å². The molecule has 104 valence electrons. The van der Waals surface area contributed by atoms with Crippen LogP contribution in [0.3, 0.4) is 0 Å². The molecule has 5 nitrogen and oxygen atoms in total. The van der Waals surface area contributed by atoms with Crippen LogP contribution in [0.2, 0.25) is 0 Å². The second-order valence-electron chi connectivity index (χ2n) is 5.23. The van der Waals surface area contributed by atoms with Crippen LogP contribution in [-0.2, 0) is 4.79 Å². The van der Waals surface area contributed by atoms with Gasteiger partial charge in [0.25, 0.3) is 0 Å². The van der Waals surface area contributed by atoms with Crippen molar-refractivity contribution in [2.24, 2.45) is 11.8 Å². The van der Waals surface area contributed by atoms with Gasteiger partial charge in [0.2, 0.25) is 5.91 Å². The number of nitrogens with one attached hydrogen (secondary N) is 2. The Bertz CT molecular complexity index is 594. The number of hydrogen-bond donors (Lipinski definition) is 2. The molecule has 0 unspecified atom stereocenters. The molecule has 1 aromatic carbocycles. The van der Waals surface area contributed by atoms with Crippen LogP contribution in [0, 0.1) is 11.8 Å². The summed E-state index contributed by atoms with van der Waals surface area (Å²) in [5.74, 6) is 0.507. The lowest BCUT2D eigenvalue weighted by atomic mass is 9.97. The molecule has 5 heteroatoms. The van der Waals surface area contributed by atoms with E-state index in [0.29, 0.717) is 5.92 Å². The highest BCUT2D eigenvalue weighted by Crippen LogP contribution is 2.19. The largest absolute Gasteiger partial charge is 0.326 e. The summed E-state index contributed by atoms with van der Waals surface area (Å²) in [7, 11) is 0. The Morgan fingerprint density at radius 2 is 2.30 bits per heavy atom. The fourth-order valence-electron chi connectivity index (χ4n) is 2.54. The molecule has 1 aliphatic rings. The van der Waals surface area contributed by atoms with Crippen molar-refractivity contribution in [3.8, 4) is 5.69 Å². The number of rotatable bonds is 3. The van der Waals surface area contributed by atoms with Crippen molar-refractivity contribution in [2.45, 2.75) is 6.92 Å². The lowest BCUT2D eigenvalue weighted by Gasteiger charge is -2.14. The molecule has 2 aromatic rings. The average Bonchev–Trinajstić information content (AvgIpc) is 3.09. The number of hydrogen-bond acceptors (Lipinski definition) is 3. The number of nitrogens with zero attached hydrogens (tertiary/aromatic N) is 2. The second-order valence-corrected chi connectivity index (χ2v) is 5.23. The number of carbonyl (C=O) groups excluding carboxylic acids is 1. The van der Waals surface area contributed by atoms with Gasteiger partial charge in [-0.15, -0.1) is 0 Å². The summed E-state index contributed by atoms with van der Waals surface area (Å²) in [6.45, 7) is 3.77. The lowest BCUT2D eigenvalue weighted by Crippen LogP contribution is -2.27. The van der Waals surface area contributed by atoms with Crippen molar-refractivity contribution >= 4 is 11.6 Å². The molecule has 0 radical (unpaired) electrons. The van der Waals surface area contributed by atoms with Crippen LogP contribution in [0.4, 0.5) is 5.69 Å². The van der Waals surface area contributed by atoms with Gasteiger partial charge in [0.05, 0.1) is 11.6 Å². The van der Waals surface area contributed by atoms with Crippen LogP contribution < -0.4 is 10.6 Å². The predicted octanol–water partition coefficient (Wildman–Crippen LogP) is 1.67. The molecule has 3 rings (SSSR count). The highest BCUT2D eigenvalue weighted by Gasteiger charge is 2.29. The summed E-state index contributed by atoms with van der Waals surface area (Å²) >= 11 is 0. The standard InChI is InChI=1S/C15H18N4O/c1-11-9-16-10-14(11)15(20)18-12-4-2-5-13(8-12)19-7-3-6-17-19/h2-8,11,14,16H,9-10H2,1H3,(H,18,20)/t11-,14-/m1/s1. The number of aromatic nitrogens is 2. The number of anilines is 1. The quantitative estimate of drug-likeness (QED) is 0.892. The molecule has 1 aliphatic heterocycles. The molecule has 2 atom stereocenters. The molecule has 1 fully saturated rings. The third-order valence-electron chi connectivity index (χ3n) is 3.74. The molecule has 1 aromatic heterocycles. The van der Waals surface area contributed by atoms with Crippen molar-refractivity contribution < 1.29 is 4.79 Å². The Morgan fingerprint density at radius 1 is 1.40 bits per heavy atom. The van der Waals surface area contributed by atoms with Gasteiger partial charge < -0.3 is 10.6 Å². The first-order valence-corrected chi connectivity index (χ1v) is 6.86. The Labute approximate surface area is 118 Å². The van der Waals surface area contributed by atoms with Gasteiger partial charge in [-0.3, -0.25) is 4.79 Å². The smallest absolute Gasteiger partial charge is 0.229 e. The highest BCUT2D eigenvalue weighted by molar-refractivity contribution is 5.93. The first kappa shape index (κ1) is 12.9. The summed E-state index contributed by atoms with van der Waals surface area (Å²) in [6.07, 6.45) is 3.61. The van der Waals surface area contributed by atoms with Crippen molar-refractivity contribution in [3.05, 3.63) is 42.7 Å². The maximum atomic E-state index is 12.2. The van der Waals surface area contributed by atoms with Gasteiger partial charge in [0.15, 0.2) is 0 Å². The van der Waals surface area contributed by atoms with E-state index >= 15 is 0 Å². The first-order valence-electron chi connectivity index (χ1n) is 6.86. The van der Waals surface area contributed by atoms with E-state index in [9.17, 15) is 4.79 Å². The normalized spacial score (nSPS) is 21.9. The maximum absolute atomic E-state index is 12.2. The summed E-state index contributed by atoms with van der Waals surface area (Å²) in [5.41, 5.74) is 1.74. The third-order valence-corrected chi connectivity index (χ3v) is 3.74. The minimum Gasteiger partial charge on any atom is -0.326 e. The Balaban J connectivity index is 1.74. The first-order chi connectivity index (χ1) is 9.74. The lowest BCUT2D eigenvalue weighted by molar-refractivity contribution is -0.120. The minimum absolute atomic E-state index is 0.0448. The third kappa shape index (κ3) is 2.58. The van der Waals surface area contributed by atoms with Gasteiger partial charge in [0.1, 0.15) is 0 Å². The number of carbonyl (C=O) groups is 1. The molecule has 20 heavy (non-hydrogen) atoms. The second kappa shape index (κ2) is 5.46. The zero-order chi connectivity index (χ0) is 13.9. The van der Waals surface area contributed by atoms with E-state index in [0.717, 1.165) is 24.5 Å². The van der Waals surface area contributed by atoms with Gasteiger partial charge >= 0.3 is 0 Å². The molecular weight excluding hydrogens is 252 g/mol. The summed E-state index contributed by atoms with van der Waals surface area (Å²) in [6, 6.07) is 9.58. The van der Waals surface area contributed by atoms with Crippen LogP contribution in [0.1, 0.15) is 6.92 Å². The Hall–Kier alpha value is -2.14. The monoisotopic (exact) mass is 270 g/mol. The van der Waals surface area contributed by atoms with Crippen LogP contribution in [-0.4, -0.2) is 28.8 Å². The molecule has 0 aliphatic carbocycles. The molecule has 2 N–H and O–H groups in total. The van der Waals surface area contributed by atoms with Crippen molar-refractivity contribution in [1.82, 2.24) is 15.1 Å². The van der Waals surface area contributed by atoms with Gasteiger partial charge in [-0.25, -0.2) is 4.68 Å². The van der Waals surface area contributed by atoms with Crippen molar-refractivity contribution in [3.63, 3.8) is 0 Å². The number of amides is 1. The van der Waals surface area contributed by atoms with Crippen LogP contribution in [0.5, 0.6) is 0 Å². The van der Waals surface area contributed by atoms with Crippen molar-refractivity contribution in [1.29, 1.82) is 0 Å². The van der Waals surface area contributed by atoms with Gasteiger partial charge in [-0.2, -0.15) is 5.10 Å². The Morgan fingerprint density at radius 3 is 3.00 bits per heavy atom. The molecule has 1 amide bonds. The zero-order valence-electron chi connectivity index (χ0n) is 11.4. The van der Waals surface area contributed by atoms with E-state index in [1.54, 1.807) is 10.9 Å². The van der Waals surface area contributed by atoms with E-state index < -0.39 is 0 Å². The van der Waals surface area contributed by atoms with Crippen LogP contribution in [0.25, 0.3) is 5.69 Å². The SMILES string of the molecule is C[C@@H]1CNC[C@H]1C(=O)Nc1cccc(-n2cccn2)c1. The van der Waals surface area contributed by atoms with Gasteiger partial charge in [-0.1, -0.05) is 13.0 Å². The summed E-state index contributed by atoms with van der Waals surface area (Å²) in [4.78, 5) is 12.2. The van der Waals surface area contributed by atoms with Crippen LogP contribution >= 0.6 is 0 Å². The minimum atomic E-state index is 0.0448. The van der Waals surface area contributed by atoms with E-state index in [2.05, 4.69) is 22.7 Å². The highest BCUT2D eigenvalue weighted by atomic mass is 16.1. The van der Waals surface area contributed by atoms with E-state index in [4.69, 9.17) is 0 Å². The summed E-state index contributed by atoms with van der Waals surface area (Å²) < 4.78 is 1.77. The maximum Gasteiger partial charge on any atom is 0.229 e. The zero-order valence-corrected chi connectivity index (χ0v) is 11.4. The van der Waals surface area contributed by atoms with E-state index in [-0.39, 0.29) is 11.8 Å². The molecular formula is C15H18N4O. The number of benzene rings is 1. The Kier molecular flexibility index (Phi) is 3.52. The van der Waals surface area contributed by atoms with Crippen LogP contribution in [0.15, 0.2) is 42.7 Å². The van der Waals surface area contributed by atoms with E-state index in [1.807, 2.05) is 36.5 Å². The molecule has 0 saturated carbocycles. The summed E-state index contributed by atoms with van der Waals surface area (Å²) in [5, 5.41) is 10.4. The molecule has 1 saturated heterocycles. The van der Waals surface area contributed by atoms with Gasteiger partial charge in [0, 0.05) is 24.6 Å². The average molecular weight is 270 g/mol.